The van der Waals surface area contributed by atoms with Gasteiger partial charge in [-0.2, -0.15) is 0 Å². The van der Waals surface area contributed by atoms with Crippen LogP contribution in [-0.4, -0.2) is 35.5 Å². The molecule has 0 aliphatic carbocycles. The standard InChI is InChI=1S/C16H24N3O2/c1-13(2)12-18-9-7-15(8-10-18)17-11-14-5-3-4-6-16(14)19(20)21/h3-6,15,17H,7-12H2,1-2H3. The van der Waals surface area contributed by atoms with Gasteiger partial charge in [0.2, 0.25) is 0 Å². The van der Waals surface area contributed by atoms with Crippen LogP contribution in [0.1, 0.15) is 32.3 Å². The van der Waals surface area contributed by atoms with Crippen molar-refractivity contribution < 1.29 is 4.92 Å². The molecule has 0 bridgehead atoms. The molecule has 1 aliphatic rings. The summed E-state index contributed by atoms with van der Waals surface area (Å²) in [5, 5.41) is 14.5. The molecule has 2 rings (SSSR count). The van der Waals surface area contributed by atoms with Crippen molar-refractivity contribution in [1.82, 2.24) is 10.2 Å². The molecule has 0 amide bonds. The molecule has 1 radical (unpaired) electrons. The first-order chi connectivity index (χ1) is 10.1. The van der Waals surface area contributed by atoms with Crippen molar-refractivity contribution >= 4 is 5.69 Å². The summed E-state index contributed by atoms with van der Waals surface area (Å²) in [6.07, 6.45) is 2.21. The minimum atomic E-state index is -0.306. The lowest BCUT2D eigenvalue weighted by atomic mass is 10.0. The van der Waals surface area contributed by atoms with Crippen LogP contribution in [0, 0.1) is 16.0 Å². The molecule has 1 heterocycles. The number of nitro groups is 1. The quantitative estimate of drug-likeness (QED) is 0.646. The highest BCUT2D eigenvalue weighted by Crippen LogP contribution is 2.19. The average Bonchev–Trinajstić information content (AvgIpc) is 2.46. The predicted octanol–water partition coefficient (Wildman–Crippen LogP) is 2.76. The van der Waals surface area contributed by atoms with Gasteiger partial charge in [0.1, 0.15) is 0 Å². The van der Waals surface area contributed by atoms with Crippen molar-refractivity contribution in [3.63, 3.8) is 0 Å². The molecule has 0 spiro atoms. The molecule has 0 atom stereocenters. The molecular weight excluding hydrogens is 266 g/mol. The lowest BCUT2D eigenvalue weighted by Gasteiger charge is -2.33. The van der Waals surface area contributed by atoms with Crippen LogP contribution in [0.3, 0.4) is 0 Å². The van der Waals surface area contributed by atoms with E-state index in [1.54, 1.807) is 12.1 Å². The smallest absolute Gasteiger partial charge is 0.273 e. The number of nitrogens with zero attached hydrogens (tertiary/aromatic N) is 2. The zero-order valence-corrected chi connectivity index (χ0v) is 12.8. The largest absolute Gasteiger partial charge is 0.310 e. The Bertz CT molecular complexity index is 468. The SMILES string of the molecule is C[C](C)CN1CCC(NCc2ccccc2[N+](=O)[O-])CC1. The first-order valence-electron chi connectivity index (χ1n) is 7.53. The Hall–Kier alpha value is -1.46. The topological polar surface area (TPSA) is 58.4 Å². The predicted molar refractivity (Wildman–Crippen MR) is 84.0 cm³/mol. The van der Waals surface area contributed by atoms with Crippen LogP contribution in [0.5, 0.6) is 0 Å². The maximum absolute atomic E-state index is 11.0. The Morgan fingerprint density at radius 3 is 2.62 bits per heavy atom. The maximum atomic E-state index is 11.0. The number of benzene rings is 1. The van der Waals surface area contributed by atoms with Gasteiger partial charge in [0.15, 0.2) is 0 Å². The monoisotopic (exact) mass is 290 g/mol. The number of likely N-dealkylation sites (tertiary alicyclic amines) is 1. The molecular formula is C16H24N3O2. The molecule has 1 aromatic rings. The second kappa shape index (κ2) is 7.52. The highest BCUT2D eigenvalue weighted by Gasteiger charge is 2.20. The van der Waals surface area contributed by atoms with Crippen LogP contribution in [0.25, 0.3) is 0 Å². The van der Waals surface area contributed by atoms with Crippen molar-refractivity contribution in [3.8, 4) is 0 Å². The second-order valence-electron chi connectivity index (χ2n) is 6.02. The fraction of sp³-hybridized carbons (Fsp3) is 0.562. The number of para-hydroxylation sites is 1. The highest BCUT2D eigenvalue weighted by atomic mass is 16.6. The lowest BCUT2D eigenvalue weighted by Crippen LogP contribution is -2.43. The van der Waals surface area contributed by atoms with Gasteiger partial charge >= 0.3 is 0 Å². The van der Waals surface area contributed by atoms with Gasteiger partial charge in [-0.3, -0.25) is 10.1 Å². The Labute approximate surface area is 126 Å². The van der Waals surface area contributed by atoms with E-state index in [0.29, 0.717) is 12.6 Å². The molecule has 1 aromatic carbocycles. The normalized spacial score (nSPS) is 17.3. The van der Waals surface area contributed by atoms with Crippen LogP contribution < -0.4 is 5.32 Å². The number of nitro benzene ring substituents is 1. The molecule has 0 unspecified atom stereocenters. The minimum absolute atomic E-state index is 0.207. The van der Waals surface area contributed by atoms with Gasteiger partial charge in [0.25, 0.3) is 5.69 Å². The fourth-order valence-corrected chi connectivity index (χ4v) is 2.84. The number of piperidine rings is 1. The summed E-state index contributed by atoms with van der Waals surface area (Å²) in [6, 6.07) is 7.42. The number of rotatable bonds is 6. The molecule has 1 aliphatic heterocycles. The third kappa shape index (κ3) is 4.79. The summed E-state index contributed by atoms with van der Waals surface area (Å²) < 4.78 is 0. The number of hydrogen-bond acceptors (Lipinski definition) is 4. The van der Waals surface area contributed by atoms with Crippen LogP contribution in [-0.2, 0) is 6.54 Å². The molecule has 21 heavy (non-hydrogen) atoms. The van der Waals surface area contributed by atoms with E-state index in [2.05, 4.69) is 24.1 Å². The van der Waals surface area contributed by atoms with E-state index < -0.39 is 0 Å². The summed E-state index contributed by atoms with van der Waals surface area (Å²) in [5.41, 5.74) is 0.973. The van der Waals surface area contributed by atoms with E-state index in [9.17, 15) is 10.1 Å². The van der Waals surface area contributed by atoms with Gasteiger partial charge in [-0.15, -0.1) is 0 Å². The second-order valence-corrected chi connectivity index (χ2v) is 6.02. The van der Waals surface area contributed by atoms with Crippen molar-refractivity contribution in [1.29, 1.82) is 0 Å². The van der Waals surface area contributed by atoms with Gasteiger partial charge in [0.05, 0.1) is 4.92 Å². The van der Waals surface area contributed by atoms with Gasteiger partial charge in [-0.05, 0) is 31.8 Å². The minimum Gasteiger partial charge on any atom is -0.310 e. The van der Waals surface area contributed by atoms with Crippen molar-refractivity contribution in [2.75, 3.05) is 19.6 Å². The Balaban J connectivity index is 1.81. The summed E-state index contributed by atoms with van der Waals surface area (Å²) >= 11 is 0. The van der Waals surface area contributed by atoms with Crippen molar-refractivity contribution in [2.24, 2.45) is 0 Å². The van der Waals surface area contributed by atoms with Crippen LogP contribution in [0.15, 0.2) is 24.3 Å². The van der Waals surface area contributed by atoms with Gasteiger partial charge in [-0.25, -0.2) is 0 Å². The molecule has 1 N–H and O–H groups in total. The third-order valence-corrected chi connectivity index (χ3v) is 3.90. The molecule has 0 aromatic heterocycles. The highest BCUT2D eigenvalue weighted by molar-refractivity contribution is 5.39. The van der Waals surface area contributed by atoms with Crippen molar-refractivity contribution in [3.05, 3.63) is 45.9 Å². The van der Waals surface area contributed by atoms with Gasteiger partial charge in [0, 0.05) is 30.8 Å². The average molecular weight is 290 g/mol. The molecule has 5 nitrogen and oxygen atoms in total. The van der Waals surface area contributed by atoms with Gasteiger partial charge in [-0.1, -0.05) is 32.0 Å². The third-order valence-electron chi connectivity index (χ3n) is 3.90. The maximum Gasteiger partial charge on any atom is 0.273 e. The van der Waals surface area contributed by atoms with Crippen LogP contribution in [0.2, 0.25) is 0 Å². The van der Waals surface area contributed by atoms with E-state index in [4.69, 9.17) is 0 Å². The zero-order valence-electron chi connectivity index (χ0n) is 12.8. The lowest BCUT2D eigenvalue weighted by molar-refractivity contribution is -0.385. The summed E-state index contributed by atoms with van der Waals surface area (Å²) in [4.78, 5) is 13.2. The van der Waals surface area contributed by atoms with E-state index >= 15 is 0 Å². The molecule has 1 fully saturated rings. The summed E-state index contributed by atoms with van der Waals surface area (Å²) in [5.74, 6) is 1.45. The summed E-state index contributed by atoms with van der Waals surface area (Å²) in [6.45, 7) is 8.18. The fourth-order valence-electron chi connectivity index (χ4n) is 2.84. The number of hydrogen-bond donors (Lipinski definition) is 1. The first kappa shape index (κ1) is 15.9. The molecule has 1 saturated heterocycles. The van der Waals surface area contributed by atoms with E-state index in [-0.39, 0.29) is 10.6 Å². The molecule has 0 saturated carbocycles. The van der Waals surface area contributed by atoms with E-state index in [1.807, 2.05) is 12.1 Å². The Kier molecular flexibility index (Phi) is 5.70. The van der Waals surface area contributed by atoms with Gasteiger partial charge < -0.3 is 10.2 Å². The summed E-state index contributed by atoms with van der Waals surface area (Å²) in [7, 11) is 0. The first-order valence-corrected chi connectivity index (χ1v) is 7.53. The molecule has 5 heteroatoms. The van der Waals surface area contributed by atoms with Crippen molar-refractivity contribution in [2.45, 2.75) is 39.3 Å². The number of nitrogens with one attached hydrogen (secondary N) is 1. The molecule has 115 valence electrons. The Morgan fingerprint density at radius 1 is 1.33 bits per heavy atom. The zero-order chi connectivity index (χ0) is 15.2. The van der Waals surface area contributed by atoms with E-state index in [1.165, 1.54) is 5.92 Å². The van der Waals surface area contributed by atoms with Crippen LogP contribution >= 0.6 is 0 Å². The van der Waals surface area contributed by atoms with Crippen LogP contribution in [0.4, 0.5) is 5.69 Å². The Morgan fingerprint density at radius 2 is 2.00 bits per heavy atom. The van der Waals surface area contributed by atoms with E-state index in [0.717, 1.165) is 38.0 Å².